The third-order valence-corrected chi connectivity index (χ3v) is 6.24. The minimum Gasteiger partial charge on any atom is -0.480 e. The standard InChI is InChI=1S/C29H36N2O7/c1-17(2)25(27(34)35)31-26(33)23(14-15-24(32)38-29(3,4)5)30-28(36)37-16-22-20-12-8-6-10-18(20)19-11-7-9-13-21(19)22/h6-13,17,22-23,25H,14-16H2,1-5H3,(H,30,36)(H,31,33)(H,34,35)/t23-,25-/m0/s1. The molecular formula is C29H36N2O7. The van der Waals surface area contributed by atoms with Crippen LogP contribution >= 0.6 is 0 Å². The summed E-state index contributed by atoms with van der Waals surface area (Å²) in [4.78, 5) is 49.7. The maximum atomic E-state index is 13.0. The lowest BCUT2D eigenvalue weighted by atomic mass is 9.98. The molecule has 0 heterocycles. The molecule has 38 heavy (non-hydrogen) atoms. The van der Waals surface area contributed by atoms with Gasteiger partial charge in [-0.05, 0) is 55.4 Å². The lowest BCUT2D eigenvalue weighted by Crippen LogP contribution is -2.53. The number of aliphatic carboxylic acids is 1. The number of hydrogen-bond acceptors (Lipinski definition) is 6. The van der Waals surface area contributed by atoms with Crippen LogP contribution in [0.4, 0.5) is 4.79 Å². The van der Waals surface area contributed by atoms with E-state index in [2.05, 4.69) is 10.6 Å². The van der Waals surface area contributed by atoms with Gasteiger partial charge in [-0.15, -0.1) is 0 Å². The minimum absolute atomic E-state index is 0.0456. The van der Waals surface area contributed by atoms with E-state index in [1.807, 2.05) is 48.5 Å². The largest absolute Gasteiger partial charge is 0.480 e. The summed E-state index contributed by atoms with van der Waals surface area (Å²) in [7, 11) is 0. The van der Waals surface area contributed by atoms with Crippen LogP contribution in [0.1, 0.15) is 64.5 Å². The first-order chi connectivity index (χ1) is 17.9. The van der Waals surface area contributed by atoms with Crippen LogP contribution < -0.4 is 10.6 Å². The van der Waals surface area contributed by atoms with Crippen molar-refractivity contribution in [2.24, 2.45) is 5.92 Å². The average Bonchev–Trinajstić information content (AvgIpc) is 3.15. The molecule has 1 aliphatic carbocycles. The SMILES string of the molecule is CC(C)[C@H](NC(=O)[C@H](CCC(=O)OC(C)(C)C)NC(=O)OCC1c2ccccc2-c2ccccc21)C(=O)O. The number of hydrogen-bond donors (Lipinski definition) is 3. The highest BCUT2D eigenvalue weighted by atomic mass is 16.6. The van der Waals surface area contributed by atoms with Crippen LogP contribution in [0.5, 0.6) is 0 Å². The second kappa shape index (κ2) is 12.1. The molecule has 0 spiro atoms. The summed E-state index contributed by atoms with van der Waals surface area (Å²) < 4.78 is 10.8. The smallest absolute Gasteiger partial charge is 0.407 e. The van der Waals surface area contributed by atoms with Gasteiger partial charge >= 0.3 is 18.0 Å². The monoisotopic (exact) mass is 524 g/mol. The Morgan fingerprint density at radius 2 is 1.47 bits per heavy atom. The van der Waals surface area contributed by atoms with Crippen molar-refractivity contribution in [2.45, 2.75) is 71.1 Å². The second-order valence-corrected chi connectivity index (χ2v) is 10.7. The van der Waals surface area contributed by atoms with Gasteiger partial charge in [-0.2, -0.15) is 0 Å². The number of carbonyl (C=O) groups is 4. The Kier molecular flexibility index (Phi) is 9.14. The molecule has 3 N–H and O–H groups in total. The van der Waals surface area contributed by atoms with Gasteiger partial charge in [0.1, 0.15) is 24.3 Å². The Balaban J connectivity index is 1.70. The number of carboxylic acid groups (broad SMARTS) is 1. The highest BCUT2D eigenvalue weighted by molar-refractivity contribution is 5.89. The molecule has 2 aromatic rings. The fourth-order valence-corrected chi connectivity index (χ4v) is 4.47. The van der Waals surface area contributed by atoms with Crippen molar-refractivity contribution in [1.82, 2.24) is 10.6 Å². The van der Waals surface area contributed by atoms with Gasteiger partial charge in [0.05, 0.1) is 0 Å². The molecule has 0 saturated heterocycles. The van der Waals surface area contributed by atoms with E-state index in [1.54, 1.807) is 34.6 Å². The molecule has 1 aliphatic rings. The first-order valence-electron chi connectivity index (χ1n) is 12.7. The summed E-state index contributed by atoms with van der Waals surface area (Å²) in [5, 5.41) is 14.4. The van der Waals surface area contributed by atoms with Crippen molar-refractivity contribution in [2.75, 3.05) is 6.61 Å². The molecule has 2 atom stereocenters. The Morgan fingerprint density at radius 1 is 0.921 bits per heavy atom. The summed E-state index contributed by atoms with van der Waals surface area (Å²) in [5.74, 6) is -3.01. The van der Waals surface area contributed by atoms with Crippen molar-refractivity contribution in [3.63, 3.8) is 0 Å². The molecule has 0 fully saturated rings. The Bertz CT molecular complexity index is 1140. The van der Waals surface area contributed by atoms with E-state index >= 15 is 0 Å². The van der Waals surface area contributed by atoms with Crippen LogP contribution in [-0.2, 0) is 23.9 Å². The molecule has 204 valence electrons. The van der Waals surface area contributed by atoms with Crippen LogP contribution in [0, 0.1) is 5.92 Å². The Morgan fingerprint density at radius 3 is 1.97 bits per heavy atom. The van der Waals surface area contributed by atoms with Gasteiger partial charge in [-0.25, -0.2) is 9.59 Å². The number of esters is 1. The van der Waals surface area contributed by atoms with Gasteiger partial charge in [0.25, 0.3) is 0 Å². The summed E-state index contributed by atoms with van der Waals surface area (Å²) >= 11 is 0. The highest BCUT2D eigenvalue weighted by Gasteiger charge is 2.32. The third kappa shape index (κ3) is 7.34. The number of nitrogens with one attached hydrogen (secondary N) is 2. The van der Waals surface area contributed by atoms with Crippen molar-refractivity contribution in [3.05, 3.63) is 59.7 Å². The lowest BCUT2D eigenvalue weighted by Gasteiger charge is -2.24. The molecule has 0 aromatic heterocycles. The van der Waals surface area contributed by atoms with Gasteiger partial charge in [0.2, 0.25) is 5.91 Å². The number of fused-ring (bicyclic) bond motifs is 3. The number of alkyl carbamates (subject to hydrolysis) is 1. The molecule has 9 nitrogen and oxygen atoms in total. The van der Waals surface area contributed by atoms with E-state index in [-0.39, 0.29) is 25.4 Å². The van der Waals surface area contributed by atoms with E-state index < -0.39 is 47.5 Å². The zero-order valence-corrected chi connectivity index (χ0v) is 22.4. The molecule has 0 aliphatic heterocycles. The first-order valence-corrected chi connectivity index (χ1v) is 12.7. The van der Waals surface area contributed by atoms with Crippen molar-refractivity contribution in [1.29, 1.82) is 0 Å². The van der Waals surface area contributed by atoms with Crippen molar-refractivity contribution < 1.29 is 33.8 Å². The van der Waals surface area contributed by atoms with Gasteiger partial charge in [0, 0.05) is 12.3 Å². The number of benzene rings is 2. The summed E-state index contributed by atoms with van der Waals surface area (Å²) in [6.45, 7) is 8.55. The number of carbonyl (C=O) groups excluding carboxylic acids is 3. The van der Waals surface area contributed by atoms with Crippen LogP contribution in [0.15, 0.2) is 48.5 Å². The van der Waals surface area contributed by atoms with Crippen LogP contribution in [0.3, 0.4) is 0 Å². The Hall–Kier alpha value is -3.88. The molecule has 0 saturated carbocycles. The molecule has 2 amide bonds. The summed E-state index contributed by atoms with van der Waals surface area (Å²) in [5.41, 5.74) is 3.55. The summed E-state index contributed by atoms with van der Waals surface area (Å²) in [6, 6.07) is 13.5. The van der Waals surface area contributed by atoms with E-state index in [4.69, 9.17) is 9.47 Å². The maximum Gasteiger partial charge on any atom is 0.407 e. The molecule has 0 radical (unpaired) electrons. The number of rotatable bonds is 10. The van der Waals surface area contributed by atoms with Gasteiger partial charge in [-0.1, -0.05) is 62.4 Å². The normalized spacial score (nSPS) is 14.2. The zero-order chi connectivity index (χ0) is 28.0. The van der Waals surface area contributed by atoms with Crippen LogP contribution in [0.2, 0.25) is 0 Å². The minimum atomic E-state index is -1.20. The number of carboxylic acids is 1. The molecular weight excluding hydrogens is 488 g/mol. The molecule has 0 unspecified atom stereocenters. The van der Waals surface area contributed by atoms with Gasteiger partial charge < -0.3 is 25.2 Å². The first kappa shape index (κ1) is 28.7. The van der Waals surface area contributed by atoms with E-state index in [0.717, 1.165) is 22.3 Å². The van der Waals surface area contributed by atoms with Crippen LogP contribution in [0.25, 0.3) is 11.1 Å². The third-order valence-electron chi connectivity index (χ3n) is 6.24. The van der Waals surface area contributed by atoms with Crippen molar-refractivity contribution in [3.8, 4) is 11.1 Å². The van der Waals surface area contributed by atoms with Gasteiger partial charge in [0.15, 0.2) is 0 Å². The maximum absolute atomic E-state index is 13.0. The number of ether oxygens (including phenoxy) is 2. The summed E-state index contributed by atoms with van der Waals surface area (Å²) in [6.07, 6.45) is -1.08. The Labute approximate surface area is 222 Å². The molecule has 9 heteroatoms. The zero-order valence-electron chi connectivity index (χ0n) is 22.4. The number of amides is 2. The predicted molar refractivity (Wildman–Crippen MR) is 141 cm³/mol. The van der Waals surface area contributed by atoms with Crippen LogP contribution in [-0.4, -0.2) is 53.3 Å². The second-order valence-electron chi connectivity index (χ2n) is 10.7. The molecule has 0 bridgehead atoms. The quantitative estimate of drug-likeness (QED) is 0.396. The van der Waals surface area contributed by atoms with E-state index in [0.29, 0.717) is 0 Å². The van der Waals surface area contributed by atoms with E-state index in [1.165, 1.54) is 0 Å². The van der Waals surface area contributed by atoms with E-state index in [9.17, 15) is 24.3 Å². The average molecular weight is 525 g/mol. The van der Waals surface area contributed by atoms with Gasteiger partial charge in [-0.3, -0.25) is 9.59 Å². The highest BCUT2D eigenvalue weighted by Crippen LogP contribution is 2.44. The molecule has 3 rings (SSSR count). The fraction of sp³-hybridized carbons (Fsp3) is 0.448. The topological polar surface area (TPSA) is 131 Å². The molecule has 2 aromatic carbocycles. The van der Waals surface area contributed by atoms with Crippen molar-refractivity contribution >= 4 is 23.9 Å². The lowest BCUT2D eigenvalue weighted by molar-refractivity contribution is -0.155. The predicted octanol–water partition coefficient (Wildman–Crippen LogP) is 4.24. The fourth-order valence-electron chi connectivity index (χ4n) is 4.47.